The summed E-state index contributed by atoms with van der Waals surface area (Å²) in [7, 11) is -1.03. The monoisotopic (exact) mass is 403 g/mol. The van der Waals surface area contributed by atoms with Gasteiger partial charge in [-0.2, -0.15) is 0 Å². The van der Waals surface area contributed by atoms with Crippen molar-refractivity contribution < 1.29 is 13.2 Å². The molecule has 27 heavy (non-hydrogen) atoms. The average molecular weight is 404 g/mol. The predicted octanol–water partition coefficient (Wildman–Crippen LogP) is 3.04. The molecule has 1 unspecified atom stereocenters. The van der Waals surface area contributed by atoms with Crippen molar-refractivity contribution in [3.05, 3.63) is 48.3 Å². The molecule has 0 amide bonds. The van der Waals surface area contributed by atoms with Gasteiger partial charge < -0.3 is 9.30 Å². The minimum Gasteiger partial charge on any atom is -0.493 e. The van der Waals surface area contributed by atoms with E-state index in [4.69, 9.17) is 4.74 Å². The van der Waals surface area contributed by atoms with Crippen LogP contribution in [0.3, 0.4) is 0 Å². The van der Waals surface area contributed by atoms with Crippen LogP contribution in [0, 0.1) is 0 Å². The van der Waals surface area contributed by atoms with Gasteiger partial charge in [-0.3, -0.25) is 0 Å². The van der Waals surface area contributed by atoms with Gasteiger partial charge in [-0.25, -0.2) is 8.42 Å². The molecule has 2 aromatic carbocycles. The van der Waals surface area contributed by atoms with E-state index in [-0.39, 0.29) is 17.4 Å². The Labute approximate surface area is 162 Å². The van der Waals surface area contributed by atoms with Crippen molar-refractivity contribution in [2.45, 2.75) is 17.5 Å². The molecule has 3 aromatic rings. The maximum Gasteiger partial charge on any atom is 0.191 e. The van der Waals surface area contributed by atoms with E-state index < -0.39 is 9.84 Å². The van der Waals surface area contributed by atoms with Gasteiger partial charge >= 0.3 is 0 Å². The molecule has 142 valence electrons. The summed E-state index contributed by atoms with van der Waals surface area (Å²) in [5, 5.41) is 11.6. The van der Waals surface area contributed by atoms with Gasteiger partial charge in [0.15, 0.2) is 15.0 Å². The van der Waals surface area contributed by atoms with E-state index in [9.17, 15) is 8.42 Å². The fourth-order valence-electron chi connectivity index (χ4n) is 3.36. The second kappa shape index (κ2) is 7.52. The van der Waals surface area contributed by atoms with E-state index in [1.807, 2.05) is 35.9 Å². The Morgan fingerprint density at radius 3 is 2.78 bits per heavy atom. The number of aromatic nitrogens is 3. The van der Waals surface area contributed by atoms with Crippen LogP contribution in [0.5, 0.6) is 5.75 Å². The molecule has 0 radical (unpaired) electrons. The van der Waals surface area contributed by atoms with Crippen molar-refractivity contribution in [1.82, 2.24) is 14.8 Å². The highest BCUT2D eigenvalue weighted by atomic mass is 32.2. The first-order chi connectivity index (χ1) is 13.0. The molecule has 0 bridgehead atoms. The smallest absolute Gasteiger partial charge is 0.191 e. The van der Waals surface area contributed by atoms with Crippen LogP contribution in [0.4, 0.5) is 0 Å². The zero-order valence-electron chi connectivity index (χ0n) is 15.0. The average Bonchev–Trinajstić information content (AvgIpc) is 3.20. The second-order valence-electron chi connectivity index (χ2n) is 6.71. The number of benzene rings is 2. The number of thioether (sulfide) groups is 1. The molecule has 2 heterocycles. The number of ether oxygens (including phenoxy) is 1. The molecule has 0 aliphatic carbocycles. The first-order valence-electron chi connectivity index (χ1n) is 8.86. The van der Waals surface area contributed by atoms with Gasteiger partial charge in [-0.15, -0.1) is 10.2 Å². The Kier molecular flexibility index (Phi) is 5.10. The van der Waals surface area contributed by atoms with Gasteiger partial charge in [0.2, 0.25) is 0 Å². The topological polar surface area (TPSA) is 74.1 Å². The highest BCUT2D eigenvalue weighted by Gasteiger charge is 2.32. The third-order valence-corrected chi connectivity index (χ3v) is 7.52. The van der Waals surface area contributed by atoms with Gasteiger partial charge in [-0.1, -0.05) is 42.1 Å². The number of rotatable bonds is 6. The fraction of sp³-hybridized carbons (Fsp3) is 0.368. The molecule has 1 saturated heterocycles. The SMILES string of the molecule is Cn1c(SCCOc2ccc3ccccc3c2)nnc1C1CCS(=O)(=O)C1. The maximum absolute atomic E-state index is 11.7. The molecule has 6 nitrogen and oxygen atoms in total. The Hall–Kier alpha value is -2.06. The van der Waals surface area contributed by atoms with Crippen LogP contribution in [0.25, 0.3) is 10.8 Å². The van der Waals surface area contributed by atoms with E-state index in [0.717, 1.165) is 27.9 Å². The van der Waals surface area contributed by atoms with Crippen molar-refractivity contribution in [1.29, 1.82) is 0 Å². The van der Waals surface area contributed by atoms with E-state index in [1.54, 1.807) is 11.8 Å². The van der Waals surface area contributed by atoms with Crippen LogP contribution in [0.2, 0.25) is 0 Å². The van der Waals surface area contributed by atoms with Gasteiger partial charge in [0, 0.05) is 18.7 Å². The van der Waals surface area contributed by atoms with E-state index >= 15 is 0 Å². The summed E-state index contributed by atoms with van der Waals surface area (Å²) in [5.74, 6) is 2.72. The minimum absolute atomic E-state index is 0.0456. The zero-order chi connectivity index (χ0) is 18.9. The van der Waals surface area contributed by atoms with Crippen LogP contribution >= 0.6 is 11.8 Å². The van der Waals surface area contributed by atoms with Crippen molar-refractivity contribution in [2.24, 2.45) is 7.05 Å². The van der Waals surface area contributed by atoms with Crippen LogP contribution in [-0.2, 0) is 16.9 Å². The number of nitrogens with zero attached hydrogens (tertiary/aromatic N) is 3. The molecule has 1 atom stereocenters. The molecule has 8 heteroatoms. The maximum atomic E-state index is 11.7. The quantitative estimate of drug-likeness (QED) is 0.465. The van der Waals surface area contributed by atoms with Crippen molar-refractivity contribution in [2.75, 3.05) is 23.9 Å². The lowest BCUT2D eigenvalue weighted by atomic mass is 10.1. The summed E-state index contributed by atoms with van der Waals surface area (Å²) in [5.41, 5.74) is 0. The molecular formula is C19H21N3O3S2. The van der Waals surface area contributed by atoms with Crippen molar-refractivity contribution >= 4 is 32.4 Å². The first kappa shape index (κ1) is 18.3. The molecule has 0 N–H and O–H groups in total. The third-order valence-electron chi connectivity index (χ3n) is 4.77. The summed E-state index contributed by atoms with van der Waals surface area (Å²) in [6.07, 6.45) is 0.629. The molecule has 1 fully saturated rings. The summed E-state index contributed by atoms with van der Waals surface area (Å²) in [4.78, 5) is 0. The van der Waals surface area contributed by atoms with Crippen LogP contribution in [0.1, 0.15) is 18.2 Å². The normalized spacial score (nSPS) is 18.8. The molecule has 1 aliphatic heterocycles. The van der Waals surface area contributed by atoms with Crippen molar-refractivity contribution in [3.63, 3.8) is 0 Å². The molecule has 4 rings (SSSR count). The number of fused-ring (bicyclic) bond motifs is 1. The van der Waals surface area contributed by atoms with Crippen molar-refractivity contribution in [3.8, 4) is 5.75 Å². The van der Waals surface area contributed by atoms with Gasteiger partial charge in [-0.05, 0) is 29.3 Å². The highest BCUT2D eigenvalue weighted by molar-refractivity contribution is 7.99. The lowest BCUT2D eigenvalue weighted by Crippen LogP contribution is -2.09. The second-order valence-corrected chi connectivity index (χ2v) is 10.00. The lowest BCUT2D eigenvalue weighted by Gasteiger charge is -2.09. The molecular weight excluding hydrogens is 382 g/mol. The largest absolute Gasteiger partial charge is 0.493 e. The summed E-state index contributed by atoms with van der Waals surface area (Å²) >= 11 is 1.56. The number of sulfone groups is 1. The fourth-order valence-corrected chi connectivity index (χ4v) is 5.83. The molecule has 1 aromatic heterocycles. The predicted molar refractivity (Wildman–Crippen MR) is 107 cm³/mol. The van der Waals surface area contributed by atoms with Gasteiger partial charge in [0.1, 0.15) is 11.6 Å². The van der Waals surface area contributed by atoms with Crippen LogP contribution in [-0.4, -0.2) is 47.0 Å². The van der Waals surface area contributed by atoms with Gasteiger partial charge in [0.05, 0.1) is 18.1 Å². The third kappa shape index (κ3) is 4.11. The molecule has 1 aliphatic rings. The zero-order valence-corrected chi connectivity index (χ0v) is 16.7. The Bertz CT molecular complexity index is 1060. The number of hydrogen-bond acceptors (Lipinski definition) is 6. The van der Waals surface area contributed by atoms with E-state index in [1.165, 1.54) is 5.39 Å². The standard InChI is InChI=1S/C19H21N3O3S2/c1-22-18(16-8-11-27(23,24)13-16)20-21-19(22)26-10-9-25-17-7-6-14-4-2-3-5-15(14)12-17/h2-7,12,16H,8-11,13H2,1H3. The summed E-state index contributed by atoms with van der Waals surface area (Å²) in [6, 6.07) is 14.3. The summed E-state index contributed by atoms with van der Waals surface area (Å²) < 4.78 is 31.1. The Balaban J connectivity index is 1.33. The van der Waals surface area contributed by atoms with Crippen LogP contribution in [0.15, 0.2) is 47.6 Å². The molecule has 0 spiro atoms. The van der Waals surface area contributed by atoms with Crippen LogP contribution < -0.4 is 4.74 Å². The lowest BCUT2D eigenvalue weighted by molar-refractivity contribution is 0.344. The summed E-state index contributed by atoms with van der Waals surface area (Å²) in [6.45, 7) is 0.559. The Morgan fingerprint density at radius 2 is 2.00 bits per heavy atom. The van der Waals surface area contributed by atoms with E-state index in [0.29, 0.717) is 13.0 Å². The highest BCUT2D eigenvalue weighted by Crippen LogP contribution is 2.29. The minimum atomic E-state index is -2.93. The number of hydrogen-bond donors (Lipinski definition) is 0. The first-order valence-corrected chi connectivity index (χ1v) is 11.7. The molecule has 0 saturated carbocycles. The van der Waals surface area contributed by atoms with E-state index in [2.05, 4.69) is 28.4 Å². The Morgan fingerprint density at radius 1 is 1.19 bits per heavy atom. The van der Waals surface area contributed by atoms with Gasteiger partial charge in [0.25, 0.3) is 0 Å².